The van der Waals surface area contributed by atoms with Gasteiger partial charge in [0.1, 0.15) is 22.3 Å². The molecule has 0 atom stereocenters. The minimum absolute atomic E-state index is 0.478. The Morgan fingerprint density at radius 3 is 1.69 bits per heavy atom. The third-order valence-corrected chi connectivity index (χ3v) is 14.8. The zero-order valence-corrected chi connectivity index (χ0v) is 36.8. The smallest absolute Gasteiger partial charge is 0.144 e. The molecule has 68 heavy (non-hydrogen) atoms. The van der Waals surface area contributed by atoms with Crippen LogP contribution in [0.15, 0.2) is 245 Å². The van der Waals surface area contributed by atoms with E-state index in [0.29, 0.717) is 0 Å². The summed E-state index contributed by atoms with van der Waals surface area (Å²) in [5.41, 5.74) is 20.9. The Kier molecular flexibility index (Phi) is 7.71. The highest BCUT2D eigenvalue weighted by Crippen LogP contribution is 2.63. The van der Waals surface area contributed by atoms with Crippen LogP contribution in [-0.2, 0) is 5.41 Å². The van der Waals surface area contributed by atoms with E-state index in [2.05, 4.69) is 235 Å². The molecule has 2 aliphatic rings. The number of rotatable bonds is 5. The van der Waals surface area contributed by atoms with Gasteiger partial charge in [-0.2, -0.15) is 0 Å². The second-order valence-electron chi connectivity index (χ2n) is 18.3. The van der Waals surface area contributed by atoms with Crippen molar-refractivity contribution >= 4 is 71.7 Å². The Bertz CT molecular complexity index is 4170. The van der Waals surface area contributed by atoms with Crippen LogP contribution in [0.1, 0.15) is 22.3 Å². The van der Waals surface area contributed by atoms with Gasteiger partial charge in [-0.05, 0) is 133 Å². The average molecular weight is 866 g/mol. The summed E-state index contributed by atoms with van der Waals surface area (Å²) in [5, 5.41) is 6.54. The summed E-state index contributed by atoms with van der Waals surface area (Å²) in [6.07, 6.45) is 0. The first kappa shape index (κ1) is 37.3. The summed E-state index contributed by atoms with van der Waals surface area (Å²) in [6.45, 7) is 0. The zero-order chi connectivity index (χ0) is 44.5. The van der Waals surface area contributed by atoms with Gasteiger partial charge < -0.3 is 13.7 Å². The Morgan fingerprint density at radius 2 is 0.912 bits per heavy atom. The fourth-order valence-electron chi connectivity index (χ4n) is 12.0. The monoisotopic (exact) mass is 865 g/mol. The van der Waals surface area contributed by atoms with E-state index in [4.69, 9.17) is 8.83 Å². The molecule has 11 aromatic carbocycles. The molecule has 0 N–H and O–H groups in total. The van der Waals surface area contributed by atoms with E-state index in [1.54, 1.807) is 0 Å². The highest BCUT2D eigenvalue weighted by Gasteiger charge is 2.51. The summed E-state index contributed by atoms with van der Waals surface area (Å²) >= 11 is 0. The zero-order valence-electron chi connectivity index (χ0n) is 36.8. The Morgan fingerprint density at radius 1 is 0.309 bits per heavy atom. The van der Waals surface area contributed by atoms with Crippen molar-refractivity contribution in [2.45, 2.75) is 5.41 Å². The van der Waals surface area contributed by atoms with E-state index >= 15 is 0 Å². The number of furan rings is 2. The standard InChI is InChI=1S/C65H39NO2/c1-2-15-40(16-3-1)43-19-14-20-45(36-43)66(47-31-33-51-50-23-8-12-27-57(50)65(58(51)38-47)55-25-10-6-21-48(55)49-22-7-11-26-56(49)65)46-32-34-60-53(37-46)54-39-61-63(52-24-9-13-28-59(52)67-61)62(64(54)68-60)44-30-29-41-17-4-5-18-42(41)35-44/h1-39H. The van der Waals surface area contributed by atoms with Gasteiger partial charge in [0.15, 0.2) is 0 Å². The van der Waals surface area contributed by atoms with Gasteiger partial charge in [-0.15, -0.1) is 0 Å². The maximum atomic E-state index is 7.07. The van der Waals surface area contributed by atoms with Crippen molar-refractivity contribution in [1.82, 2.24) is 0 Å². The molecule has 0 saturated heterocycles. The van der Waals surface area contributed by atoms with E-state index in [1.165, 1.54) is 60.8 Å². The molecule has 0 radical (unpaired) electrons. The van der Waals surface area contributed by atoms with Crippen molar-refractivity contribution in [2.75, 3.05) is 4.90 Å². The minimum atomic E-state index is -0.478. The number of fused-ring (bicyclic) bond motifs is 17. The van der Waals surface area contributed by atoms with Crippen LogP contribution in [0.3, 0.4) is 0 Å². The number of hydrogen-bond acceptors (Lipinski definition) is 3. The topological polar surface area (TPSA) is 29.5 Å². The number of hydrogen-bond donors (Lipinski definition) is 0. The quantitative estimate of drug-likeness (QED) is 0.173. The summed E-state index contributed by atoms with van der Waals surface area (Å²) in [5.74, 6) is 0. The third-order valence-electron chi connectivity index (χ3n) is 14.8. The number of anilines is 3. The van der Waals surface area contributed by atoms with Crippen molar-refractivity contribution in [1.29, 1.82) is 0 Å². The Hall–Kier alpha value is -8.92. The van der Waals surface area contributed by atoms with Crippen molar-refractivity contribution in [3.63, 3.8) is 0 Å². The van der Waals surface area contributed by atoms with Crippen molar-refractivity contribution in [3.8, 4) is 44.5 Å². The first-order valence-electron chi connectivity index (χ1n) is 23.4. The van der Waals surface area contributed by atoms with Crippen LogP contribution in [-0.4, -0.2) is 0 Å². The molecule has 13 aromatic rings. The SMILES string of the molecule is c1ccc(-c2cccc(N(c3ccc4c(c3)C3(c5ccccc5-c5ccccc53)c3ccccc3-4)c3ccc4oc5c(-c6ccc7ccccc7c6)c6c(cc5c4c3)oc3ccccc36)c2)cc1. The van der Waals surface area contributed by atoms with Crippen LogP contribution in [0.4, 0.5) is 17.1 Å². The van der Waals surface area contributed by atoms with Gasteiger partial charge >= 0.3 is 0 Å². The van der Waals surface area contributed by atoms with E-state index in [0.717, 1.165) is 77.6 Å². The largest absolute Gasteiger partial charge is 0.456 e. The van der Waals surface area contributed by atoms with E-state index in [9.17, 15) is 0 Å². The van der Waals surface area contributed by atoms with Crippen molar-refractivity contribution in [3.05, 3.63) is 259 Å². The second kappa shape index (κ2) is 14.0. The second-order valence-corrected chi connectivity index (χ2v) is 18.3. The maximum absolute atomic E-state index is 7.07. The number of benzene rings is 11. The normalized spacial score (nSPS) is 13.1. The lowest BCUT2D eigenvalue weighted by atomic mass is 9.70. The van der Waals surface area contributed by atoms with Crippen LogP contribution >= 0.6 is 0 Å². The lowest BCUT2D eigenvalue weighted by Crippen LogP contribution is -2.26. The predicted octanol–water partition coefficient (Wildman–Crippen LogP) is 17.8. The number of para-hydroxylation sites is 1. The fourth-order valence-corrected chi connectivity index (χ4v) is 12.0. The van der Waals surface area contributed by atoms with Gasteiger partial charge in [0, 0.05) is 44.2 Å². The Labute approximate surface area is 392 Å². The molecule has 0 unspecified atom stereocenters. The summed E-state index contributed by atoms with van der Waals surface area (Å²) in [7, 11) is 0. The van der Waals surface area contributed by atoms with Gasteiger partial charge in [-0.25, -0.2) is 0 Å². The van der Waals surface area contributed by atoms with Crippen LogP contribution in [0.25, 0.3) is 99.2 Å². The highest BCUT2D eigenvalue weighted by atomic mass is 16.3. The summed E-state index contributed by atoms with van der Waals surface area (Å²) in [6, 6.07) is 86.3. The van der Waals surface area contributed by atoms with E-state index in [-0.39, 0.29) is 0 Å². The maximum Gasteiger partial charge on any atom is 0.144 e. The fraction of sp³-hybridized carbons (Fsp3) is 0.0154. The molecule has 0 bridgehead atoms. The van der Waals surface area contributed by atoms with Gasteiger partial charge in [0.05, 0.1) is 5.41 Å². The molecule has 3 heteroatoms. The van der Waals surface area contributed by atoms with Crippen LogP contribution < -0.4 is 4.90 Å². The molecule has 2 heterocycles. The molecule has 0 aliphatic heterocycles. The van der Waals surface area contributed by atoms with E-state index in [1.807, 2.05) is 6.07 Å². The molecule has 0 amide bonds. The van der Waals surface area contributed by atoms with Gasteiger partial charge in [-0.3, -0.25) is 0 Å². The average Bonchev–Trinajstić information content (AvgIpc) is 4.13. The van der Waals surface area contributed by atoms with E-state index < -0.39 is 5.41 Å². The van der Waals surface area contributed by atoms with Gasteiger partial charge in [-0.1, -0.05) is 176 Å². The summed E-state index contributed by atoms with van der Waals surface area (Å²) in [4.78, 5) is 2.43. The first-order valence-corrected chi connectivity index (χ1v) is 23.4. The Balaban J connectivity index is 0.992. The first-order chi connectivity index (χ1) is 33.7. The van der Waals surface area contributed by atoms with Gasteiger partial charge in [0.25, 0.3) is 0 Å². The molecule has 1 spiro atoms. The lowest BCUT2D eigenvalue weighted by Gasteiger charge is -2.32. The highest BCUT2D eigenvalue weighted by molar-refractivity contribution is 6.24. The molecule has 2 aliphatic carbocycles. The molecule has 0 fully saturated rings. The molecule has 2 aromatic heterocycles. The predicted molar refractivity (Wildman–Crippen MR) is 280 cm³/mol. The van der Waals surface area contributed by atoms with Crippen LogP contribution in [0.2, 0.25) is 0 Å². The summed E-state index contributed by atoms with van der Waals surface area (Å²) < 4.78 is 13.8. The van der Waals surface area contributed by atoms with Crippen molar-refractivity contribution in [2.24, 2.45) is 0 Å². The molecule has 3 nitrogen and oxygen atoms in total. The van der Waals surface area contributed by atoms with Crippen LogP contribution in [0, 0.1) is 0 Å². The van der Waals surface area contributed by atoms with Gasteiger partial charge in [0.2, 0.25) is 0 Å². The lowest BCUT2D eigenvalue weighted by molar-refractivity contribution is 0.664. The third kappa shape index (κ3) is 5.13. The number of nitrogens with zero attached hydrogens (tertiary/aromatic N) is 1. The molecule has 15 rings (SSSR count). The van der Waals surface area contributed by atoms with Crippen LogP contribution in [0.5, 0.6) is 0 Å². The molecule has 0 saturated carbocycles. The molecule has 316 valence electrons. The minimum Gasteiger partial charge on any atom is -0.456 e. The molecular weight excluding hydrogens is 827 g/mol. The van der Waals surface area contributed by atoms with Crippen molar-refractivity contribution < 1.29 is 8.83 Å². The molecular formula is C65H39NO2.